The average Bonchev–Trinajstić information content (AvgIpc) is 2.38. The summed E-state index contributed by atoms with van der Waals surface area (Å²) in [7, 11) is 0. The summed E-state index contributed by atoms with van der Waals surface area (Å²) in [5, 5.41) is 12.7. The van der Waals surface area contributed by atoms with Crippen LogP contribution in [0.15, 0.2) is 18.2 Å². The fourth-order valence-electron chi connectivity index (χ4n) is 1.86. The van der Waals surface area contributed by atoms with Gasteiger partial charge in [-0.2, -0.15) is 0 Å². The SMILES string of the molecule is CC(O)C(C)NCCc1ccc2c(c1)OCCO2. The van der Waals surface area contributed by atoms with Crippen LogP contribution in [0.5, 0.6) is 11.5 Å². The van der Waals surface area contributed by atoms with E-state index in [4.69, 9.17) is 9.47 Å². The van der Waals surface area contributed by atoms with E-state index < -0.39 is 0 Å². The van der Waals surface area contributed by atoms with E-state index in [2.05, 4.69) is 11.4 Å². The Morgan fingerprint density at radius 2 is 1.94 bits per heavy atom. The highest BCUT2D eigenvalue weighted by Gasteiger charge is 2.12. The fourth-order valence-corrected chi connectivity index (χ4v) is 1.86. The van der Waals surface area contributed by atoms with Crippen molar-refractivity contribution in [3.63, 3.8) is 0 Å². The van der Waals surface area contributed by atoms with E-state index in [1.54, 1.807) is 6.92 Å². The van der Waals surface area contributed by atoms with E-state index in [-0.39, 0.29) is 12.1 Å². The third kappa shape index (κ3) is 3.37. The Kier molecular flexibility index (Phi) is 4.44. The highest BCUT2D eigenvalue weighted by molar-refractivity contribution is 5.43. The molecule has 2 unspecified atom stereocenters. The van der Waals surface area contributed by atoms with Crippen molar-refractivity contribution in [2.45, 2.75) is 32.4 Å². The first-order valence-electron chi connectivity index (χ1n) is 6.47. The largest absolute Gasteiger partial charge is 0.486 e. The second-order valence-electron chi connectivity index (χ2n) is 4.71. The molecule has 2 rings (SSSR count). The van der Waals surface area contributed by atoms with E-state index in [0.717, 1.165) is 24.5 Å². The highest BCUT2D eigenvalue weighted by atomic mass is 16.6. The van der Waals surface area contributed by atoms with Gasteiger partial charge < -0.3 is 19.9 Å². The normalized spacial score (nSPS) is 17.3. The van der Waals surface area contributed by atoms with Gasteiger partial charge in [-0.05, 0) is 44.5 Å². The minimum Gasteiger partial charge on any atom is -0.486 e. The number of fused-ring (bicyclic) bond motifs is 1. The summed E-state index contributed by atoms with van der Waals surface area (Å²) in [6.45, 7) is 5.86. The van der Waals surface area contributed by atoms with Gasteiger partial charge in [0, 0.05) is 6.04 Å². The molecule has 4 nitrogen and oxygen atoms in total. The number of hydrogen-bond acceptors (Lipinski definition) is 4. The predicted octanol–water partition coefficient (Wildman–Crippen LogP) is 1.36. The quantitative estimate of drug-likeness (QED) is 0.829. The molecule has 0 aliphatic carbocycles. The Bertz CT molecular complexity index is 393. The molecule has 4 heteroatoms. The zero-order chi connectivity index (χ0) is 13.0. The van der Waals surface area contributed by atoms with Crippen molar-refractivity contribution >= 4 is 0 Å². The molecule has 18 heavy (non-hydrogen) atoms. The van der Waals surface area contributed by atoms with E-state index in [0.29, 0.717) is 13.2 Å². The lowest BCUT2D eigenvalue weighted by atomic mass is 10.1. The highest BCUT2D eigenvalue weighted by Crippen LogP contribution is 2.30. The van der Waals surface area contributed by atoms with Crippen molar-refractivity contribution in [3.8, 4) is 11.5 Å². The number of hydrogen-bond donors (Lipinski definition) is 2. The van der Waals surface area contributed by atoms with Gasteiger partial charge in [0.1, 0.15) is 13.2 Å². The molecular weight excluding hydrogens is 230 g/mol. The molecule has 0 amide bonds. The maximum Gasteiger partial charge on any atom is 0.161 e. The smallest absolute Gasteiger partial charge is 0.161 e. The molecule has 0 spiro atoms. The molecule has 0 saturated heterocycles. The van der Waals surface area contributed by atoms with E-state index in [1.807, 2.05) is 19.1 Å². The lowest BCUT2D eigenvalue weighted by molar-refractivity contribution is 0.153. The van der Waals surface area contributed by atoms with Crippen molar-refractivity contribution < 1.29 is 14.6 Å². The minimum atomic E-state index is -0.328. The molecule has 100 valence electrons. The zero-order valence-corrected chi connectivity index (χ0v) is 11.0. The first-order chi connectivity index (χ1) is 8.66. The third-order valence-electron chi connectivity index (χ3n) is 3.21. The molecule has 0 radical (unpaired) electrons. The number of aliphatic hydroxyl groups is 1. The van der Waals surface area contributed by atoms with Gasteiger partial charge in [-0.1, -0.05) is 6.07 Å². The Labute approximate surface area is 108 Å². The predicted molar refractivity (Wildman–Crippen MR) is 70.3 cm³/mol. The van der Waals surface area contributed by atoms with Crippen molar-refractivity contribution in [2.75, 3.05) is 19.8 Å². The summed E-state index contributed by atoms with van der Waals surface area (Å²) in [4.78, 5) is 0. The van der Waals surface area contributed by atoms with Crippen LogP contribution in [0.4, 0.5) is 0 Å². The minimum absolute atomic E-state index is 0.113. The summed E-state index contributed by atoms with van der Waals surface area (Å²) in [6, 6.07) is 6.16. The van der Waals surface area contributed by atoms with E-state index in [9.17, 15) is 5.11 Å². The number of nitrogens with one attached hydrogen (secondary N) is 1. The number of aliphatic hydroxyl groups excluding tert-OH is 1. The van der Waals surface area contributed by atoms with Crippen LogP contribution in [-0.2, 0) is 6.42 Å². The van der Waals surface area contributed by atoms with Crippen molar-refractivity contribution in [3.05, 3.63) is 23.8 Å². The molecule has 2 N–H and O–H groups in total. The molecule has 1 aromatic rings. The van der Waals surface area contributed by atoms with Crippen LogP contribution in [-0.4, -0.2) is 37.0 Å². The van der Waals surface area contributed by atoms with Gasteiger partial charge in [-0.15, -0.1) is 0 Å². The van der Waals surface area contributed by atoms with Gasteiger partial charge >= 0.3 is 0 Å². The standard InChI is InChI=1S/C14H21NO3/c1-10(11(2)16)15-6-5-12-3-4-13-14(9-12)18-8-7-17-13/h3-4,9-11,15-16H,5-8H2,1-2H3. The van der Waals surface area contributed by atoms with Gasteiger partial charge in [0.25, 0.3) is 0 Å². The molecule has 0 fully saturated rings. The van der Waals surface area contributed by atoms with Gasteiger partial charge in [-0.25, -0.2) is 0 Å². The summed E-state index contributed by atoms with van der Waals surface area (Å²) in [6.07, 6.45) is 0.582. The molecule has 1 aliphatic heterocycles. The third-order valence-corrected chi connectivity index (χ3v) is 3.21. The Balaban J connectivity index is 1.86. The van der Waals surface area contributed by atoms with Crippen LogP contribution >= 0.6 is 0 Å². The van der Waals surface area contributed by atoms with Crippen LogP contribution in [0, 0.1) is 0 Å². The maximum absolute atomic E-state index is 9.38. The van der Waals surface area contributed by atoms with Crippen LogP contribution in [0.2, 0.25) is 0 Å². The van der Waals surface area contributed by atoms with Crippen molar-refractivity contribution in [1.82, 2.24) is 5.32 Å². The first-order valence-corrected chi connectivity index (χ1v) is 6.47. The lowest BCUT2D eigenvalue weighted by Gasteiger charge is -2.19. The Hall–Kier alpha value is -1.26. The summed E-state index contributed by atoms with van der Waals surface area (Å²) < 4.78 is 11.0. The van der Waals surface area contributed by atoms with Gasteiger partial charge in [-0.3, -0.25) is 0 Å². The zero-order valence-electron chi connectivity index (χ0n) is 11.0. The fraction of sp³-hybridized carbons (Fsp3) is 0.571. The van der Waals surface area contributed by atoms with Crippen LogP contribution < -0.4 is 14.8 Å². The summed E-state index contributed by atoms with van der Waals surface area (Å²) in [5.41, 5.74) is 1.21. The van der Waals surface area contributed by atoms with Crippen LogP contribution in [0.3, 0.4) is 0 Å². The molecule has 2 atom stereocenters. The summed E-state index contributed by atoms with van der Waals surface area (Å²) in [5.74, 6) is 1.66. The topological polar surface area (TPSA) is 50.7 Å². The Morgan fingerprint density at radius 1 is 1.22 bits per heavy atom. The molecule has 0 bridgehead atoms. The molecule has 0 aromatic heterocycles. The van der Waals surface area contributed by atoms with E-state index >= 15 is 0 Å². The van der Waals surface area contributed by atoms with E-state index in [1.165, 1.54) is 5.56 Å². The van der Waals surface area contributed by atoms with Gasteiger partial charge in [0.15, 0.2) is 11.5 Å². The van der Waals surface area contributed by atoms with Crippen molar-refractivity contribution in [2.24, 2.45) is 0 Å². The van der Waals surface area contributed by atoms with Gasteiger partial charge in [0.05, 0.1) is 6.10 Å². The second-order valence-corrected chi connectivity index (χ2v) is 4.71. The Morgan fingerprint density at radius 3 is 2.67 bits per heavy atom. The van der Waals surface area contributed by atoms with Crippen molar-refractivity contribution in [1.29, 1.82) is 0 Å². The van der Waals surface area contributed by atoms with Crippen LogP contribution in [0.25, 0.3) is 0 Å². The number of benzene rings is 1. The summed E-state index contributed by atoms with van der Waals surface area (Å²) >= 11 is 0. The first kappa shape index (κ1) is 13.2. The number of rotatable bonds is 5. The lowest BCUT2D eigenvalue weighted by Crippen LogP contribution is -2.36. The molecule has 1 aliphatic rings. The van der Waals surface area contributed by atoms with Gasteiger partial charge in [0.2, 0.25) is 0 Å². The monoisotopic (exact) mass is 251 g/mol. The average molecular weight is 251 g/mol. The molecular formula is C14H21NO3. The molecule has 0 saturated carbocycles. The molecule has 1 heterocycles. The van der Waals surface area contributed by atoms with Crippen LogP contribution in [0.1, 0.15) is 19.4 Å². The second kappa shape index (κ2) is 6.07. The maximum atomic E-state index is 9.38. The number of ether oxygens (including phenoxy) is 2. The molecule has 1 aromatic carbocycles.